The Balaban J connectivity index is 4.93. The number of rotatable bonds is 5. The maximum absolute atomic E-state index is 10.5. The van der Waals surface area contributed by atoms with E-state index in [4.69, 9.17) is 0 Å². The average Bonchev–Trinajstić information content (AvgIpc) is 2.09. The monoisotopic (exact) mass is 232 g/mol. The molecule has 0 N–H and O–H groups in total. The van der Waals surface area contributed by atoms with Gasteiger partial charge in [-0.25, -0.2) is 0 Å². The zero-order chi connectivity index (χ0) is 12.9. The lowest BCUT2D eigenvalue weighted by atomic mass is 10.2. The summed E-state index contributed by atoms with van der Waals surface area (Å²) in [6.07, 6.45) is -4.49. The van der Waals surface area contributed by atoms with Gasteiger partial charge in [-0.2, -0.15) is 0 Å². The van der Waals surface area contributed by atoms with Crippen molar-refractivity contribution in [3.05, 3.63) is 0 Å². The fraction of sp³-hybridized carbons (Fsp3) is 0.500. The molecule has 0 saturated carbocycles. The Labute approximate surface area is 89.8 Å². The molecule has 90 valence electrons. The van der Waals surface area contributed by atoms with Crippen molar-refractivity contribution in [1.29, 1.82) is 0 Å². The molecule has 2 atom stereocenters. The molecule has 0 aromatic heterocycles. The van der Waals surface area contributed by atoms with Gasteiger partial charge >= 0.3 is 11.9 Å². The number of carbonyl (C=O) groups is 4. The first-order valence-corrected chi connectivity index (χ1v) is 4.02. The van der Waals surface area contributed by atoms with Gasteiger partial charge in [-0.1, -0.05) is 0 Å². The lowest BCUT2D eigenvalue weighted by Crippen LogP contribution is -2.54. The van der Waals surface area contributed by atoms with E-state index in [-0.39, 0.29) is 0 Å². The van der Waals surface area contributed by atoms with Crippen LogP contribution in [0, 0.1) is 0 Å². The Morgan fingerprint density at radius 2 is 1.06 bits per heavy atom. The molecule has 8 heteroatoms. The quantitative estimate of drug-likeness (QED) is 0.443. The maximum atomic E-state index is 10.5. The maximum Gasteiger partial charge on any atom is 0.303 e. The van der Waals surface area contributed by atoms with Crippen LogP contribution in [-0.4, -0.2) is 36.1 Å². The lowest BCUT2D eigenvalue weighted by molar-refractivity contribution is -0.334. The van der Waals surface area contributed by atoms with Crippen LogP contribution >= 0.6 is 0 Å². The van der Waals surface area contributed by atoms with E-state index in [1.165, 1.54) is 0 Å². The summed E-state index contributed by atoms with van der Waals surface area (Å²) in [5.74, 6) is -6.14. The third-order valence-corrected chi connectivity index (χ3v) is 1.33. The Bertz CT molecular complexity index is 288. The SMILES string of the molecule is CC(=O)O[C@H](C(=O)[O-])[C@H](OC(C)=O)C(=O)[O-]. The zero-order valence-electron chi connectivity index (χ0n) is 8.42. The van der Waals surface area contributed by atoms with Crippen molar-refractivity contribution in [3.8, 4) is 0 Å². The summed E-state index contributed by atoms with van der Waals surface area (Å²) in [4.78, 5) is 42.0. The third kappa shape index (κ3) is 4.40. The minimum atomic E-state index is -2.24. The molecule has 0 aromatic rings. The van der Waals surface area contributed by atoms with Gasteiger partial charge in [0.15, 0.2) is 12.2 Å². The minimum Gasteiger partial charge on any atom is -0.546 e. The van der Waals surface area contributed by atoms with Crippen molar-refractivity contribution >= 4 is 23.9 Å². The Hall–Kier alpha value is -2.12. The summed E-state index contributed by atoms with van der Waals surface area (Å²) in [5.41, 5.74) is 0. The number of aliphatic carboxylic acids is 2. The van der Waals surface area contributed by atoms with E-state index >= 15 is 0 Å². The van der Waals surface area contributed by atoms with Crippen molar-refractivity contribution in [2.45, 2.75) is 26.1 Å². The minimum absolute atomic E-state index is 0.857. The highest BCUT2D eigenvalue weighted by atomic mass is 16.6. The van der Waals surface area contributed by atoms with Gasteiger partial charge in [0, 0.05) is 13.8 Å². The predicted molar refractivity (Wildman–Crippen MR) is 41.1 cm³/mol. The highest BCUT2D eigenvalue weighted by Gasteiger charge is 2.29. The summed E-state index contributed by atoms with van der Waals surface area (Å²) in [6, 6.07) is 0. The summed E-state index contributed by atoms with van der Waals surface area (Å²) in [5, 5.41) is 21.0. The van der Waals surface area contributed by atoms with E-state index in [0.717, 1.165) is 13.8 Å². The number of carboxylic acids is 2. The largest absolute Gasteiger partial charge is 0.546 e. The van der Waals surface area contributed by atoms with Crippen molar-refractivity contribution < 1.29 is 38.9 Å². The van der Waals surface area contributed by atoms with Crippen LogP contribution in [0.5, 0.6) is 0 Å². The first-order chi connectivity index (χ1) is 7.25. The van der Waals surface area contributed by atoms with Crippen molar-refractivity contribution in [1.82, 2.24) is 0 Å². The van der Waals surface area contributed by atoms with Gasteiger partial charge in [-0.05, 0) is 0 Å². The second-order valence-electron chi connectivity index (χ2n) is 2.70. The Kier molecular flexibility index (Phi) is 4.93. The van der Waals surface area contributed by atoms with Gasteiger partial charge in [0.2, 0.25) is 0 Å². The number of carboxylic acid groups (broad SMARTS) is 2. The number of hydrogen-bond acceptors (Lipinski definition) is 8. The summed E-state index contributed by atoms with van der Waals surface area (Å²) < 4.78 is 8.27. The molecule has 0 unspecified atom stereocenters. The molecule has 0 spiro atoms. The highest BCUT2D eigenvalue weighted by molar-refractivity contribution is 5.85. The molecule has 8 nitrogen and oxygen atoms in total. The van der Waals surface area contributed by atoms with Crippen LogP contribution in [0.3, 0.4) is 0 Å². The fourth-order valence-corrected chi connectivity index (χ4v) is 0.825. The summed E-state index contributed by atoms with van der Waals surface area (Å²) in [6.45, 7) is 1.71. The van der Waals surface area contributed by atoms with Gasteiger partial charge in [0.1, 0.15) is 0 Å². The normalized spacial score (nSPS) is 13.4. The molecule has 0 amide bonds. The van der Waals surface area contributed by atoms with Gasteiger partial charge < -0.3 is 29.3 Å². The molecular formula is C8H8O8-2. The van der Waals surface area contributed by atoms with Gasteiger partial charge in [-0.3, -0.25) is 9.59 Å². The van der Waals surface area contributed by atoms with Crippen molar-refractivity contribution in [2.24, 2.45) is 0 Å². The van der Waals surface area contributed by atoms with Crippen LogP contribution in [0.25, 0.3) is 0 Å². The number of ether oxygens (including phenoxy) is 2. The molecule has 0 radical (unpaired) electrons. The zero-order valence-corrected chi connectivity index (χ0v) is 8.42. The van der Waals surface area contributed by atoms with Crippen LogP contribution < -0.4 is 10.2 Å². The molecule has 0 fully saturated rings. The summed E-state index contributed by atoms with van der Waals surface area (Å²) >= 11 is 0. The molecular weight excluding hydrogens is 224 g/mol. The van der Waals surface area contributed by atoms with E-state index < -0.39 is 36.1 Å². The molecule has 0 aliphatic heterocycles. The second kappa shape index (κ2) is 5.69. The first kappa shape index (κ1) is 13.9. The Morgan fingerprint density at radius 1 is 0.812 bits per heavy atom. The molecule has 0 heterocycles. The number of hydrogen-bond donors (Lipinski definition) is 0. The first-order valence-electron chi connectivity index (χ1n) is 4.02. The molecule has 0 rings (SSSR count). The van der Waals surface area contributed by atoms with Crippen LogP contribution in [0.4, 0.5) is 0 Å². The van der Waals surface area contributed by atoms with E-state index in [2.05, 4.69) is 9.47 Å². The van der Waals surface area contributed by atoms with E-state index in [1.807, 2.05) is 0 Å². The van der Waals surface area contributed by atoms with Gasteiger partial charge in [0.05, 0.1) is 11.9 Å². The molecule has 0 aliphatic carbocycles. The second-order valence-corrected chi connectivity index (χ2v) is 2.70. The molecule has 0 saturated heterocycles. The van der Waals surface area contributed by atoms with Crippen molar-refractivity contribution in [2.75, 3.05) is 0 Å². The van der Waals surface area contributed by atoms with Crippen molar-refractivity contribution in [3.63, 3.8) is 0 Å². The smallest absolute Gasteiger partial charge is 0.303 e. The third-order valence-electron chi connectivity index (χ3n) is 1.33. The topological polar surface area (TPSA) is 133 Å². The fourth-order valence-electron chi connectivity index (χ4n) is 0.825. The lowest BCUT2D eigenvalue weighted by Gasteiger charge is -2.27. The summed E-state index contributed by atoms with van der Waals surface area (Å²) in [7, 11) is 0. The number of esters is 2. The highest BCUT2D eigenvalue weighted by Crippen LogP contribution is 2.04. The van der Waals surface area contributed by atoms with Gasteiger partial charge in [-0.15, -0.1) is 0 Å². The molecule has 0 aromatic carbocycles. The van der Waals surface area contributed by atoms with E-state index in [9.17, 15) is 29.4 Å². The van der Waals surface area contributed by atoms with Crippen LogP contribution in [0.2, 0.25) is 0 Å². The van der Waals surface area contributed by atoms with E-state index in [0.29, 0.717) is 0 Å². The van der Waals surface area contributed by atoms with Crippen LogP contribution in [-0.2, 0) is 28.7 Å². The van der Waals surface area contributed by atoms with E-state index in [1.54, 1.807) is 0 Å². The standard InChI is InChI=1S/C8H10O8/c1-3(9)15-5(7(11)12)6(8(13)14)16-4(2)10/h5-6H,1-2H3,(H,11,12)(H,13,14)/p-2/t5-,6-/m0/s1. The van der Waals surface area contributed by atoms with Crippen LogP contribution in [0.15, 0.2) is 0 Å². The molecule has 0 bridgehead atoms. The average molecular weight is 232 g/mol. The van der Waals surface area contributed by atoms with Gasteiger partial charge in [0.25, 0.3) is 0 Å². The van der Waals surface area contributed by atoms with Crippen LogP contribution in [0.1, 0.15) is 13.8 Å². The Morgan fingerprint density at radius 3 is 1.19 bits per heavy atom. The molecule has 0 aliphatic rings. The number of carbonyl (C=O) groups excluding carboxylic acids is 4. The molecule has 16 heavy (non-hydrogen) atoms. The predicted octanol–water partition coefficient (Wildman–Crippen LogP) is -3.65.